The number of nitrogens with zero attached hydrogens (tertiary/aromatic N) is 1. The number of amides is 1. The van der Waals surface area contributed by atoms with Crippen LogP contribution in [-0.4, -0.2) is 17.7 Å². The van der Waals surface area contributed by atoms with Crippen molar-refractivity contribution in [3.05, 3.63) is 77.2 Å². The van der Waals surface area contributed by atoms with Crippen molar-refractivity contribution in [2.24, 2.45) is 4.99 Å². The SMILES string of the molecule is C=CCOc1ccccc1C=C1SC(=Nc2cccc(C(F)(F)F)c2)NC1=O. The zero-order valence-corrected chi connectivity index (χ0v) is 15.3. The second kappa shape index (κ2) is 8.35. The molecule has 1 aliphatic rings. The lowest BCUT2D eigenvalue weighted by molar-refractivity contribution is -0.137. The number of carbonyl (C=O) groups is 1. The number of halogens is 3. The van der Waals surface area contributed by atoms with E-state index >= 15 is 0 Å². The van der Waals surface area contributed by atoms with Gasteiger partial charge in [-0.1, -0.05) is 36.9 Å². The lowest BCUT2D eigenvalue weighted by atomic mass is 10.2. The number of ether oxygens (including phenoxy) is 1. The van der Waals surface area contributed by atoms with Crippen molar-refractivity contribution in [3.63, 3.8) is 0 Å². The summed E-state index contributed by atoms with van der Waals surface area (Å²) in [6, 6.07) is 11.8. The largest absolute Gasteiger partial charge is 0.489 e. The average Bonchev–Trinajstić information content (AvgIpc) is 2.99. The highest BCUT2D eigenvalue weighted by molar-refractivity contribution is 8.18. The molecule has 1 saturated heterocycles. The number of amidine groups is 1. The number of carbonyl (C=O) groups excluding carboxylic acids is 1. The third-order valence-electron chi connectivity index (χ3n) is 3.62. The molecule has 1 fully saturated rings. The van der Waals surface area contributed by atoms with Gasteiger partial charge in [0.1, 0.15) is 12.4 Å². The Kier molecular flexibility index (Phi) is 5.89. The van der Waals surface area contributed by atoms with Crippen LogP contribution in [0.25, 0.3) is 6.08 Å². The summed E-state index contributed by atoms with van der Waals surface area (Å²) in [5, 5.41) is 2.77. The van der Waals surface area contributed by atoms with Crippen LogP contribution in [-0.2, 0) is 11.0 Å². The summed E-state index contributed by atoms with van der Waals surface area (Å²) in [6.07, 6.45) is -1.20. The first-order valence-corrected chi connectivity index (χ1v) is 8.98. The Bertz CT molecular complexity index is 968. The molecule has 8 heteroatoms. The quantitative estimate of drug-likeness (QED) is 0.553. The van der Waals surface area contributed by atoms with Gasteiger partial charge in [0.15, 0.2) is 5.17 Å². The summed E-state index contributed by atoms with van der Waals surface area (Å²) >= 11 is 1.05. The standard InChI is InChI=1S/C20H15F3N2O2S/c1-2-10-27-16-9-4-3-6-13(16)11-17-18(26)25-19(28-17)24-15-8-5-7-14(12-15)20(21,22)23/h2-9,11-12H,1,10H2,(H,24,25,26). The molecule has 4 nitrogen and oxygen atoms in total. The molecule has 28 heavy (non-hydrogen) atoms. The Hall–Kier alpha value is -3.00. The molecule has 1 amide bonds. The van der Waals surface area contributed by atoms with Crippen LogP contribution in [0, 0.1) is 0 Å². The van der Waals surface area contributed by atoms with Gasteiger partial charge in [-0.15, -0.1) is 0 Å². The van der Waals surface area contributed by atoms with Gasteiger partial charge in [0.25, 0.3) is 5.91 Å². The number of nitrogens with one attached hydrogen (secondary N) is 1. The molecule has 3 rings (SSSR count). The Morgan fingerprint density at radius 3 is 2.71 bits per heavy atom. The molecule has 0 bridgehead atoms. The molecule has 1 aliphatic heterocycles. The predicted molar refractivity (Wildman–Crippen MR) is 104 cm³/mol. The number of aliphatic imine (C=N–C) groups is 1. The zero-order chi connectivity index (χ0) is 20.1. The molecule has 0 saturated carbocycles. The summed E-state index contributed by atoms with van der Waals surface area (Å²) in [6.45, 7) is 3.92. The van der Waals surface area contributed by atoms with Crippen molar-refractivity contribution in [3.8, 4) is 5.75 Å². The molecule has 2 aromatic carbocycles. The molecular weight excluding hydrogens is 389 g/mol. The minimum absolute atomic E-state index is 0.105. The Morgan fingerprint density at radius 2 is 1.96 bits per heavy atom. The maximum atomic E-state index is 12.8. The van der Waals surface area contributed by atoms with Crippen LogP contribution >= 0.6 is 11.8 Å². The fraction of sp³-hybridized carbons (Fsp3) is 0.100. The van der Waals surface area contributed by atoms with E-state index in [9.17, 15) is 18.0 Å². The number of rotatable bonds is 5. The van der Waals surface area contributed by atoms with E-state index in [2.05, 4.69) is 16.9 Å². The number of benzene rings is 2. The molecule has 0 aliphatic carbocycles. The summed E-state index contributed by atoms with van der Waals surface area (Å²) in [7, 11) is 0. The van der Waals surface area contributed by atoms with Crippen LogP contribution in [0.5, 0.6) is 5.75 Å². The molecule has 1 N–H and O–H groups in total. The molecule has 0 spiro atoms. The van der Waals surface area contributed by atoms with Crippen molar-refractivity contribution in [1.29, 1.82) is 0 Å². The van der Waals surface area contributed by atoms with Crippen LogP contribution in [0.3, 0.4) is 0 Å². The number of thioether (sulfide) groups is 1. The highest BCUT2D eigenvalue weighted by Crippen LogP contribution is 2.33. The van der Waals surface area contributed by atoms with Crippen LogP contribution in [0.2, 0.25) is 0 Å². The van der Waals surface area contributed by atoms with Gasteiger partial charge >= 0.3 is 6.18 Å². The van der Waals surface area contributed by atoms with Crippen molar-refractivity contribution >= 4 is 34.6 Å². The Labute approximate surface area is 163 Å². The summed E-state index contributed by atoms with van der Waals surface area (Å²) < 4.78 is 44.0. The number of hydrogen-bond acceptors (Lipinski definition) is 4. The predicted octanol–water partition coefficient (Wildman–Crippen LogP) is 5.16. The molecular formula is C20H15F3N2O2S. The van der Waals surface area contributed by atoms with E-state index in [4.69, 9.17) is 4.74 Å². The maximum Gasteiger partial charge on any atom is 0.416 e. The summed E-state index contributed by atoms with van der Waals surface area (Å²) in [5.74, 6) is 0.209. The van der Waals surface area contributed by atoms with E-state index in [1.807, 2.05) is 12.1 Å². The van der Waals surface area contributed by atoms with Crippen LogP contribution in [0.15, 0.2) is 71.1 Å². The normalized spacial score (nSPS) is 17.0. The first kappa shape index (κ1) is 19.8. The lowest BCUT2D eigenvalue weighted by Gasteiger charge is -2.07. The molecule has 0 unspecified atom stereocenters. The van der Waals surface area contributed by atoms with Gasteiger partial charge in [0.2, 0.25) is 0 Å². The number of hydrogen-bond donors (Lipinski definition) is 1. The topological polar surface area (TPSA) is 50.7 Å². The van der Waals surface area contributed by atoms with Gasteiger partial charge in [0, 0.05) is 5.56 Å². The second-order valence-corrected chi connectivity index (χ2v) is 6.70. The van der Waals surface area contributed by atoms with Gasteiger partial charge in [0.05, 0.1) is 16.2 Å². The van der Waals surface area contributed by atoms with E-state index in [1.165, 1.54) is 12.1 Å². The number of alkyl halides is 3. The molecule has 144 valence electrons. The van der Waals surface area contributed by atoms with Gasteiger partial charge < -0.3 is 10.1 Å². The molecule has 2 aromatic rings. The third-order valence-corrected chi connectivity index (χ3v) is 4.53. The second-order valence-electron chi connectivity index (χ2n) is 5.67. The summed E-state index contributed by atoms with van der Waals surface area (Å²) in [4.78, 5) is 16.7. The minimum atomic E-state index is -4.46. The maximum absolute atomic E-state index is 12.8. The zero-order valence-electron chi connectivity index (χ0n) is 14.5. The smallest absolute Gasteiger partial charge is 0.416 e. The Balaban J connectivity index is 1.84. The van der Waals surface area contributed by atoms with Crippen molar-refractivity contribution in [1.82, 2.24) is 5.32 Å². The average molecular weight is 404 g/mol. The third kappa shape index (κ3) is 4.83. The van der Waals surface area contributed by atoms with E-state index in [0.717, 1.165) is 23.9 Å². The highest BCUT2D eigenvalue weighted by atomic mass is 32.2. The first-order chi connectivity index (χ1) is 13.4. The van der Waals surface area contributed by atoms with Crippen molar-refractivity contribution < 1.29 is 22.7 Å². The minimum Gasteiger partial charge on any atom is -0.489 e. The van der Waals surface area contributed by atoms with Gasteiger partial charge in [-0.25, -0.2) is 4.99 Å². The molecule has 0 aromatic heterocycles. The van der Waals surface area contributed by atoms with Gasteiger partial charge in [-0.2, -0.15) is 13.2 Å². The fourth-order valence-corrected chi connectivity index (χ4v) is 3.20. The van der Waals surface area contributed by atoms with E-state index in [0.29, 0.717) is 22.8 Å². The van der Waals surface area contributed by atoms with Gasteiger partial charge in [-0.05, 0) is 42.1 Å². The van der Waals surface area contributed by atoms with Gasteiger partial charge in [-0.3, -0.25) is 4.79 Å². The molecule has 0 atom stereocenters. The van der Waals surface area contributed by atoms with E-state index in [1.54, 1.807) is 24.3 Å². The van der Waals surface area contributed by atoms with Crippen LogP contribution in [0.4, 0.5) is 18.9 Å². The van der Waals surface area contributed by atoms with E-state index < -0.39 is 11.7 Å². The first-order valence-electron chi connectivity index (χ1n) is 8.16. The fourth-order valence-electron chi connectivity index (χ4n) is 2.37. The lowest BCUT2D eigenvalue weighted by Crippen LogP contribution is -2.19. The van der Waals surface area contributed by atoms with E-state index in [-0.39, 0.29) is 16.8 Å². The van der Waals surface area contributed by atoms with Crippen LogP contribution < -0.4 is 10.1 Å². The monoisotopic (exact) mass is 404 g/mol. The molecule has 1 heterocycles. The summed E-state index contributed by atoms with van der Waals surface area (Å²) in [5.41, 5.74) is 0.00337. The molecule has 0 radical (unpaired) electrons. The van der Waals surface area contributed by atoms with Crippen LogP contribution in [0.1, 0.15) is 11.1 Å². The number of para-hydroxylation sites is 1. The highest BCUT2D eigenvalue weighted by Gasteiger charge is 2.30. The van der Waals surface area contributed by atoms with Crippen molar-refractivity contribution in [2.45, 2.75) is 6.18 Å². The van der Waals surface area contributed by atoms with Crippen molar-refractivity contribution in [2.75, 3.05) is 6.61 Å². The Morgan fingerprint density at radius 1 is 1.18 bits per heavy atom.